The van der Waals surface area contributed by atoms with Crippen LogP contribution < -0.4 is 4.90 Å². The van der Waals surface area contributed by atoms with Crippen LogP contribution in [0.1, 0.15) is 28.9 Å². The van der Waals surface area contributed by atoms with E-state index in [1.54, 1.807) is 42.7 Å². The maximum Gasteiger partial charge on any atom is 0.230 e. The van der Waals surface area contributed by atoms with Crippen LogP contribution in [0.4, 0.5) is 5.13 Å². The number of amides is 1. The molecule has 0 atom stereocenters. The standard InChI is InChI=1S/C24H24N2O4S2/c1-16-6-8-20(9-7-16)32(28,29)12-10-23(27)26(15-19-5-4-11-30-19)24-25-21-13-17(2)18(3)14-22(21)31-24/h4-9,11,13-14H,10,12,15H2,1-3H3. The Morgan fingerprint density at radius 2 is 1.78 bits per heavy atom. The van der Waals surface area contributed by atoms with E-state index in [2.05, 4.69) is 11.1 Å². The Labute approximate surface area is 191 Å². The van der Waals surface area contributed by atoms with Crippen molar-refractivity contribution >= 4 is 42.4 Å². The Morgan fingerprint density at radius 1 is 1.06 bits per heavy atom. The van der Waals surface area contributed by atoms with Crippen LogP contribution in [0.25, 0.3) is 10.2 Å². The van der Waals surface area contributed by atoms with Gasteiger partial charge in [0, 0.05) is 6.42 Å². The minimum absolute atomic E-state index is 0.148. The molecule has 0 aliphatic rings. The lowest BCUT2D eigenvalue weighted by Crippen LogP contribution is -2.31. The van der Waals surface area contributed by atoms with Crippen LogP contribution in [0.2, 0.25) is 0 Å². The number of furan rings is 1. The maximum atomic E-state index is 13.2. The predicted molar refractivity (Wildman–Crippen MR) is 127 cm³/mol. The van der Waals surface area contributed by atoms with Crippen LogP contribution in [0.15, 0.2) is 64.1 Å². The summed E-state index contributed by atoms with van der Waals surface area (Å²) in [6, 6.07) is 14.3. The first-order valence-electron chi connectivity index (χ1n) is 10.2. The highest BCUT2D eigenvalue weighted by molar-refractivity contribution is 7.91. The Morgan fingerprint density at radius 3 is 2.47 bits per heavy atom. The number of carbonyl (C=O) groups excluding carboxylic acids is 1. The molecule has 4 aromatic rings. The zero-order chi connectivity index (χ0) is 22.9. The summed E-state index contributed by atoms with van der Waals surface area (Å²) >= 11 is 1.41. The molecule has 0 radical (unpaired) electrons. The van der Waals surface area contributed by atoms with Gasteiger partial charge in [0.25, 0.3) is 0 Å². The third kappa shape index (κ3) is 4.76. The van der Waals surface area contributed by atoms with E-state index < -0.39 is 9.84 Å². The number of anilines is 1. The van der Waals surface area contributed by atoms with Gasteiger partial charge in [-0.25, -0.2) is 13.4 Å². The van der Waals surface area contributed by atoms with Crippen LogP contribution in [0.3, 0.4) is 0 Å². The highest BCUT2D eigenvalue weighted by Gasteiger charge is 2.24. The van der Waals surface area contributed by atoms with Gasteiger partial charge in [0.1, 0.15) is 5.76 Å². The number of hydrogen-bond acceptors (Lipinski definition) is 6. The Kier molecular flexibility index (Phi) is 6.17. The summed E-state index contributed by atoms with van der Waals surface area (Å²) in [5, 5.41) is 0.527. The molecule has 2 heterocycles. The molecule has 32 heavy (non-hydrogen) atoms. The SMILES string of the molecule is Cc1ccc(S(=O)(=O)CCC(=O)N(Cc2ccco2)c2nc3cc(C)c(C)cc3s2)cc1. The molecule has 0 saturated heterocycles. The summed E-state index contributed by atoms with van der Waals surface area (Å²) in [4.78, 5) is 19.6. The number of hydrogen-bond donors (Lipinski definition) is 0. The van der Waals surface area contributed by atoms with Gasteiger partial charge in [-0.15, -0.1) is 0 Å². The highest BCUT2D eigenvalue weighted by atomic mass is 32.2. The largest absolute Gasteiger partial charge is 0.467 e. The molecule has 0 saturated carbocycles. The van der Waals surface area contributed by atoms with Crippen LogP contribution >= 0.6 is 11.3 Å². The highest BCUT2D eigenvalue weighted by Crippen LogP contribution is 2.32. The van der Waals surface area contributed by atoms with Gasteiger partial charge in [0.2, 0.25) is 5.91 Å². The van der Waals surface area contributed by atoms with Gasteiger partial charge < -0.3 is 4.42 Å². The van der Waals surface area contributed by atoms with Crippen molar-refractivity contribution in [1.82, 2.24) is 4.98 Å². The number of rotatable bonds is 7. The smallest absolute Gasteiger partial charge is 0.230 e. The summed E-state index contributed by atoms with van der Waals surface area (Å²) in [5.41, 5.74) is 4.08. The van der Waals surface area contributed by atoms with Crippen molar-refractivity contribution in [2.75, 3.05) is 10.7 Å². The van der Waals surface area contributed by atoms with E-state index in [-0.39, 0.29) is 29.5 Å². The Balaban J connectivity index is 1.60. The Hall–Kier alpha value is -2.97. The fourth-order valence-corrected chi connectivity index (χ4v) is 5.62. The van der Waals surface area contributed by atoms with Crippen molar-refractivity contribution in [1.29, 1.82) is 0 Å². The molecule has 4 rings (SSSR count). The van der Waals surface area contributed by atoms with E-state index in [4.69, 9.17) is 4.42 Å². The van der Waals surface area contributed by atoms with E-state index >= 15 is 0 Å². The van der Waals surface area contributed by atoms with E-state index in [9.17, 15) is 13.2 Å². The average Bonchev–Trinajstić information content (AvgIpc) is 3.40. The summed E-state index contributed by atoms with van der Waals surface area (Å²) in [6.45, 7) is 6.15. The third-order valence-corrected chi connectivity index (χ3v) is 8.16. The first-order valence-corrected chi connectivity index (χ1v) is 12.7. The number of benzene rings is 2. The van der Waals surface area contributed by atoms with Crippen molar-refractivity contribution in [3.63, 3.8) is 0 Å². The van der Waals surface area contributed by atoms with Crippen molar-refractivity contribution in [3.8, 4) is 0 Å². The quantitative estimate of drug-likeness (QED) is 0.372. The molecule has 2 aromatic carbocycles. The zero-order valence-electron chi connectivity index (χ0n) is 18.2. The molecule has 6 nitrogen and oxygen atoms in total. The second-order valence-electron chi connectivity index (χ2n) is 7.84. The number of aromatic nitrogens is 1. The summed E-state index contributed by atoms with van der Waals surface area (Å²) in [7, 11) is -3.57. The minimum Gasteiger partial charge on any atom is -0.467 e. The first kappa shape index (κ1) is 22.2. The van der Waals surface area contributed by atoms with Crippen LogP contribution in [-0.2, 0) is 21.2 Å². The molecular formula is C24H24N2O4S2. The minimum atomic E-state index is -3.57. The van der Waals surface area contributed by atoms with Gasteiger partial charge >= 0.3 is 0 Å². The molecule has 0 fully saturated rings. The number of aryl methyl sites for hydroxylation is 3. The molecule has 0 aliphatic heterocycles. The molecule has 0 unspecified atom stereocenters. The second-order valence-corrected chi connectivity index (χ2v) is 11.0. The predicted octanol–water partition coefficient (Wildman–Crippen LogP) is 5.21. The fourth-order valence-electron chi connectivity index (χ4n) is 3.32. The lowest BCUT2D eigenvalue weighted by molar-refractivity contribution is -0.118. The van der Waals surface area contributed by atoms with E-state index in [1.165, 1.54) is 16.2 Å². The number of fused-ring (bicyclic) bond motifs is 1. The Bertz CT molecular complexity index is 1320. The number of thiazole rings is 1. The van der Waals surface area contributed by atoms with Crippen molar-refractivity contribution in [3.05, 3.63) is 77.2 Å². The molecule has 0 spiro atoms. The number of nitrogens with zero attached hydrogens (tertiary/aromatic N) is 2. The molecular weight excluding hydrogens is 444 g/mol. The van der Waals surface area contributed by atoms with Gasteiger partial charge in [0.05, 0.1) is 33.7 Å². The van der Waals surface area contributed by atoms with Gasteiger partial charge in [-0.1, -0.05) is 29.0 Å². The summed E-state index contributed by atoms with van der Waals surface area (Å²) < 4.78 is 31.9. The summed E-state index contributed by atoms with van der Waals surface area (Å²) in [6.07, 6.45) is 1.40. The second kappa shape index (κ2) is 8.88. The monoisotopic (exact) mass is 468 g/mol. The van der Waals surface area contributed by atoms with Crippen molar-refractivity contribution in [2.45, 2.75) is 38.6 Å². The van der Waals surface area contributed by atoms with Gasteiger partial charge in [-0.05, 0) is 68.3 Å². The molecule has 1 amide bonds. The van der Waals surface area contributed by atoms with Crippen LogP contribution in [-0.4, -0.2) is 25.1 Å². The number of sulfone groups is 1. The molecule has 2 aromatic heterocycles. The topological polar surface area (TPSA) is 80.5 Å². The fraction of sp³-hybridized carbons (Fsp3) is 0.250. The van der Waals surface area contributed by atoms with Gasteiger partial charge in [0.15, 0.2) is 15.0 Å². The maximum absolute atomic E-state index is 13.2. The molecule has 0 aliphatic carbocycles. The normalized spacial score (nSPS) is 11.7. The average molecular weight is 469 g/mol. The third-order valence-electron chi connectivity index (χ3n) is 5.38. The zero-order valence-corrected chi connectivity index (χ0v) is 19.8. The van der Waals surface area contributed by atoms with Crippen molar-refractivity contribution < 1.29 is 17.6 Å². The van der Waals surface area contributed by atoms with Crippen LogP contribution in [0.5, 0.6) is 0 Å². The molecule has 0 bridgehead atoms. The van der Waals surface area contributed by atoms with E-state index in [0.29, 0.717) is 10.9 Å². The van der Waals surface area contributed by atoms with Gasteiger partial charge in [-0.3, -0.25) is 9.69 Å². The van der Waals surface area contributed by atoms with E-state index in [0.717, 1.165) is 26.9 Å². The molecule has 8 heteroatoms. The van der Waals surface area contributed by atoms with Crippen LogP contribution in [0, 0.1) is 20.8 Å². The lowest BCUT2D eigenvalue weighted by Gasteiger charge is -2.18. The summed E-state index contributed by atoms with van der Waals surface area (Å²) in [5.74, 6) is 0.0167. The van der Waals surface area contributed by atoms with Crippen molar-refractivity contribution in [2.24, 2.45) is 0 Å². The van der Waals surface area contributed by atoms with E-state index in [1.807, 2.05) is 26.8 Å². The molecule has 166 valence electrons. The first-order chi connectivity index (χ1) is 15.2. The number of carbonyl (C=O) groups is 1. The van der Waals surface area contributed by atoms with Gasteiger partial charge in [-0.2, -0.15) is 0 Å². The molecule has 0 N–H and O–H groups in total. The lowest BCUT2D eigenvalue weighted by atomic mass is 10.1.